The van der Waals surface area contributed by atoms with Crippen molar-refractivity contribution in [1.29, 1.82) is 0 Å². The number of aryl methyl sites for hydroxylation is 1. The molecule has 0 atom stereocenters. The highest BCUT2D eigenvalue weighted by Gasteiger charge is 2.23. The Morgan fingerprint density at radius 2 is 2.40 bits per heavy atom. The maximum absolute atomic E-state index is 4.03. The van der Waals surface area contributed by atoms with Crippen molar-refractivity contribution in [2.24, 2.45) is 7.05 Å². The molecule has 10 heavy (non-hydrogen) atoms. The molecule has 53 valence electrons. The van der Waals surface area contributed by atoms with Crippen LogP contribution in [0.15, 0.2) is 6.33 Å². The Morgan fingerprint density at radius 1 is 1.60 bits per heavy atom. The molecule has 1 aromatic heterocycles. The molecular formula is C7H10N3. The molecule has 1 saturated carbocycles. The van der Waals surface area contributed by atoms with Crippen LogP contribution in [0.25, 0.3) is 0 Å². The second-order valence-corrected chi connectivity index (χ2v) is 2.76. The fourth-order valence-corrected chi connectivity index (χ4v) is 1.21. The Balaban J connectivity index is 2.23. The monoisotopic (exact) mass is 136 g/mol. The molecule has 0 saturated heterocycles. The molecule has 0 bridgehead atoms. The van der Waals surface area contributed by atoms with Crippen molar-refractivity contribution < 1.29 is 0 Å². The molecular weight excluding hydrogens is 126 g/mol. The molecule has 0 aliphatic heterocycles. The fraction of sp³-hybridized carbons (Fsp3) is 0.571. The molecule has 0 amide bonds. The lowest BCUT2D eigenvalue weighted by Gasteiger charge is -2.23. The van der Waals surface area contributed by atoms with E-state index in [0.717, 1.165) is 5.82 Å². The Labute approximate surface area is 60.1 Å². The van der Waals surface area contributed by atoms with Gasteiger partial charge in [-0.2, -0.15) is 0 Å². The van der Waals surface area contributed by atoms with Gasteiger partial charge in [0.05, 0.1) is 0 Å². The predicted molar refractivity (Wildman–Crippen MR) is 37.3 cm³/mol. The quantitative estimate of drug-likeness (QED) is 0.574. The first-order chi connectivity index (χ1) is 4.88. The SMILES string of the molecule is Cn1cnnc1C1C[CH]C1. The summed E-state index contributed by atoms with van der Waals surface area (Å²) in [5, 5.41) is 7.85. The van der Waals surface area contributed by atoms with Gasteiger partial charge in [0.15, 0.2) is 0 Å². The van der Waals surface area contributed by atoms with E-state index in [4.69, 9.17) is 0 Å². The largest absolute Gasteiger partial charge is 0.320 e. The van der Waals surface area contributed by atoms with Crippen LogP contribution in [-0.2, 0) is 7.05 Å². The lowest BCUT2D eigenvalue weighted by atomic mass is 9.85. The van der Waals surface area contributed by atoms with Gasteiger partial charge in [-0.3, -0.25) is 0 Å². The topological polar surface area (TPSA) is 30.7 Å². The van der Waals surface area contributed by atoms with Gasteiger partial charge in [0.25, 0.3) is 0 Å². The van der Waals surface area contributed by atoms with Crippen LogP contribution >= 0.6 is 0 Å². The summed E-state index contributed by atoms with van der Waals surface area (Å²) in [5.74, 6) is 1.77. The van der Waals surface area contributed by atoms with Crippen LogP contribution in [-0.4, -0.2) is 14.8 Å². The van der Waals surface area contributed by atoms with E-state index < -0.39 is 0 Å². The first kappa shape index (κ1) is 5.89. The lowest BCUT2D eigenvalue weighted by Crippen LogP contribution is -2.14. The van der Waals surface area contributed by atoms with Gasteiger partial charge in [-0.25, -0.2) is 0 Å². The average molecular weight is 136 g/mol. The molecule has 1 aliphatic rings. The summed E-state index contributed by atoms with van der Waals surface area (Å²) in [5.41, 5.74) is 0. The molecule has 3 heteroatoms. The maximum Gasteiger partial charge on any atom is 0.135 e. The summed E-state index contributed by atoms with van der Waals surface area (Å²) in [7, 11) is 1.99. The van der Waals surface area contributed by atoms with Crippen molar-refractivity contribution in [2.45, 2.75) is 18.8 Å². The number of rotatable bonds is 1. The minimum atomic E-state index is 0.646. The highest BCUT2D eigenvalue weighted by atomic mass is 15.2. The van der Waals surface area contributed by atoms with Crippen LogP contribution in [0, 0.1) is 6.42 Å². The van der Waals surface area contributed by atoms with Crippen molar-refractivity contribution in [3.8, 4) is 0 Å². The zero-order valence-corrected chi connectivity index (χ0v) is 5.99. The van der Waals surface area contributed by atoms with E-state index in [9.17, 15) is 0 Å². The number of hydrogen-bond donors (Lipinski definition) is 0. The van der Waals surface area contributed by atoms with Crippen molar-refractivity contribution >= 4 is 0 Å². The molecule has 0 spiro atoms. The lowest BCUT2D eigenvalue weighted by molar-refractivity contribution is 0.495. The Morgan fingerprint density at radius 3 is 2.80 bits per heavy atom. The summed E-state index contributed by atoms with van der Waals surface area (Å²) in [6.07, 6.45) is 6.38. The van der Waals surface area contributed by atoms with Crippen LogP contribution in [0.4, 0.5) is 0 Å². The Kier molecular flexibility index (Phi) is 1.22. The standard InChI is InChI=1S/C7H10N3/c1-10-5-8-9-7(10)6-3-2-4-6/h2,5-6H,3-4H2,1H3. The van der Waals surface area contributed by atoms with Crippen molar-refractivity contribution in [3.05, 3.63) is 18.6 Å². The molecule has 1 aliphatic carbocycles. The summed E-state index contributed by atoms with van der Waals surface area (Å²) >= 11 is 0. The second kappa shape index (κ2) is 2.08. The van der Waals surface area contributed by atoms with Crippen LogP contribution in [0.5, 0.6) is 0 Å². The molecule has 1 radical (unpaired) electrons. The van der Waals surface area contributed by atoms with Gasteiger partial charge in [0.2, 0.25) is 0 Å². The van der Waals surface area contributed by atoms with Crippen LogP contribution in [0.3, 0.4) is 0 Å². The van der Waals surface area contributed by atoms with Crippen LogP contribution < -0.4 is 0 Å². The van der Waals surface area contributed by atoms with Crippen molar-refractivity contribution in [1.82, 2.24) is 14.8 Å². The summed E-state index contributed by atoms with van der Waals surface area (Å²) in [4.78, 5) is 0. The summed E-state index contributed by atoms with van der Waals surface area (Å²) in [6.45, 7) is 0. The van der Waals surface area contributed by atoms with E-state index in [1.54, 1.807) is 6.33 Å². The van der Waals surface area contributed by atoms with Crippen LogP contribution in [0.1, 0.15) is 24.6 Å². The van der Waals surface area contributed by atoms with E-state index in [1.165, 1.54) is 12.8 Å². The third-order valence-corrected chi connectivity index (χ3v) is 2.01. The Bertz CT molecular complexity index is 225. The Hall–Kier alpha value is -0.860. The molecule has 1 aromatic rings. The van der Waals surface area contributed by atoms with Crippen LogP contribution in [0.2, 0.25) is 0 Å². The molecule has 1 heterocycles. The first-order valence-corrected chi connectivity index (χ1v) is 3.53. The third-order valence-electron chi connectivity index (χ3n) is 2.01. The molecule has 0 unspecified atom stereocenters. The number of nitrogens with zero attached hydrogens (tertiary/aromatic N) is 3. The highest BCUT2D eigenvalue weighted by molar-refractivity contribution is 5.06. The average Bonchev–Trinajstić information content (AvgIpc) is 2.12. The third kappa shape index (κ3) is 0.735. The van der Waals surface area contributed by atoms with Gasteiger partial charge in [0.1, 0.15) is 12.2 Å². The zero-order chi connectivity index (χ0) is 6.97. The van der Waals surface area contributed by atoms with E-state index in [1.807, 2.05) is 11.6 Å². The van der Waals surface area contributed by atoms with Crippen molar-refractivity contribution in [2.75, 3.05) is 0 Å². The van der Waals surface area contributed by atoms with E-state index >= 15 is 0 Å². The second-order valence-electron chi connectivity index (χ2n) is 2.76. The fourth-order valence-electron chi connectivity index (χ4n) is 1.21. The predicted octanol–water partition coefficient (Wildman–Crippen LogP) is 0.897. The summed E-state index contributed by atoms with van der Waals surface area (Å²) in [6, 6.07) is 0. The minimum absolute atomic E-state index is 0.646. The molecule has 0 N–H and O–H groups in total. The normalized spacial score (nSPS) is 18.9. The molecule has 0 aromatic carbocycles. The molecule has 2 rings (SSSR count). The van der Waals surface area contributed by atoms with Gasteiger partial charge in [-0.05, 0) is 19.3 Å². The maximum atomic E-state index is 4.03. The summed E-state index contributed by atoms with van der Waals surface area (Å²) < 4.78 is 2.00. The van der Waals surface area contributed by atoms with Gasteiger partial charge >= 0.3 is 0 Å². The van der Waals surface area contributed by atoms with Gasteiger partial charge in [0, 0.05) is 13.0 Å². The smallest absolute Gasteiger partial charge is 0.135 e. The van der Waals surface area contributed by atoms with E-state index in [2.05, 4.69) is 16.6 Å². The molecule has 3 nitrogen and oxygen atoms in total. The van der Waals surface area contributed by atoms with E-state index in [-0.39, 0.29) is 0 Å². The number of hydrogen-bond acceptors (Lipinski definition) is 2. The van der Waals surface area contributed by atoms with Gasteiger partial charge in [-0.1, -0.05) is 0 Å². The van der Waals surface area contributed by atoms with Gasteiger partial charge in [-0.15, -0.1) is 10.2 Å². The van der Waals surface area contributed by atoms with E-state index in [0.29, 0.717) is 5.92 Å². The van der Waals surface area contributed by atoms with Gasteiger partial charge < -0.3 is 4.57 Å². The highest BCUT2D eigenvalue weighted by Crippen LogP contribution is 2.33. The number of aromatic nitrogens is 3. The van der Waals surface area contributed by atoms with Crippen molar-refractivity contribution in [3.63, 3.8) is 0 Å². The zero-order valence-electron chi connectivity index (χ0n) is 5.99. The minimum Gasteiger partial charge on any atom is -0.320 e. The molecule has 1 fully saturated rings. The first-order valence-electron chi connectivity index (χ1n) is 3.53.